The van der Waals surface area contributed by atoms with Crippen molar-refractivity contribution < 1.29 is 0 Å². The van der Waals surface area contributed by atoms with Gasteiger partial charge in [0, 0.05) is 15.9 Å². The van der Waals surface area contributed by atoms with Gasteiger partial charge in [0.2, 0.25) is 0 Å². The maximum atomic E-state index is 8.53. The quantitative estimate of drug-likeness (QED) is 0.417. The molecule has 0 saturated heterocycles. The van der Waals surface area contributed by atoms with Gasteiger partial charge in [0.15, 0.2) is 5.96 Å². The van der Waals surface area contributed by atoms with Gasteiger partial charge in [0.1, 0.15) is 0 Å². The number of halogens is 1. The second-order valence-corrected chi connectivity index (χ2v) is 9.93. The first kappa shape index (κ1) is 16.2. The lowest BCUT2D eigenvalue weighted by Crippen LogP contribution is -2.59. The van der Waals surface area contributed by atoms with Gasteiger partial charge in [-0.15, -0.1) is 0 Å². The minimum Gasteiger partial charge on any atom is -0.370 e. The molecule has 0 unspecified atom stereocenters. The molecule has 7 rings (SSSR count). The number of rotatable bonds is 2. The first-order chi connectivity index (χ1) is 13.1. The molecule has 0 amide bonds. The SMILES string of the molecule is N=C(N)N(c1c(Br)cc2c3c(cccc13)C=C2)C1C2CC3CC(C2)CC1C3. The van der Waals surface area contributed by atoms with Crippen LogP contribution in [-0.4, -0.2) is 12.0 Å². The van der Waals surface area contributed by atoms with Crippen LogP contribution in [-0.2, 0) is 0 Å². The highest BCUT2D eigenvalue weighted by molar-refractivity contribution is 9.10. The second-order valence-electron chi connectivity index (χ2n) is 9.08. The summed E-state index contributed by atoms with van der Waals surface area (Å²) in [6, 6.07) is 9.08. The van der Waals surface area contributed by atoms with Gasteiger partial charge in [-0.25, -0.2) is 0 Å². The molecule has 2 aromatic carbocycles. The van der Waals surface area contributed by atoms with E-state index in [0.29, 0.717) is 17.9 Å². The number of nitrogens with one attached hydrogen (secondary N) is 1. The summed E-state index contributed by atoms with van der Waals surface area (Å²) in [5.41, 5.74) is 9.90. The Morgan fingerprint density at radius 1 is 1.00 bits per heavy atom. The fraction of sp³-hybridized carbons (Fsp3) is 0.435. The van der Waals surface area contributed by atoms with Crippen molar-refractivity contribution in [3.8, 4) is 0 Å². The molecule has 5 aliphatic carbocycles. The second kappa shape index (κ2) is 5.60. The third-order valence-corrected chi connectivity index (χ3v) is 8.17. The highest BCUT2D eigenvalue weighted by atomic mass is 79.9. The molecular weight excluding hydrogens is 398 g/mol. The molecule has 4 fully saturated rings. The van der Waals surface area contributed by atoms with Crippen LogP contribution < -0.4 is 10.6 Å². The Hall–Kier alpha value is -1.81. The van der Waals surface area contributed by atoms with Crippen molar-refractivity contribution in [3.63, 3.8) is 0 Å². The zero-order valence-electron chi connectivity index (χ0n) is 15.3. The Kier molecular flexibility index (Phi) is 3.36. The van der Waals surface area contributed by atoms with Crippen LogP contribution >= 0.6 is 15.9 Å². The van der Waals surface area contributed by atoms with E-state index in [1.807, 2.05) is 0 Å². The fourth-order valence-electron chi connectivity index (χ4n) is 6.94. The van der Waals surface area contributed by atoms with Crippen molar-refractivity contribution in [2.45, 2.75) is 38.1 Å². The number of benzene rings is 2. The zero-order chi connectivity index (χ0) is 18.3. The van der Waals surface area contributed by atoms with E-state index in [-0.39, 0.29) is 5.96 Å². The molecule has 4 saturated carbocycles. The lowest BCUT2D eigenvalue weighted by Gasteiger charge is -2.57. The van der Waals surface area contributed by atoms with Gasteiger partial charge >= 0.3 is 0 Å². The molecule has 0 aliphatic heterocycles. The predicted octanol–water partition coefficient (Wildman–Crippen LogP) is 5.61. The first-order valence-electron chi connectivity index (χ1n) is 10.2. The summed E-state index contributed by atoms with van der Waals surface area (Å²) >= 11 is 3.84. The lowest BCUT2D eigenvalue weighted by molar-refractivity contribution is 0.00132. The average Bonchev–Trinajstić information content (AvgIpc) is 3.03. The van der Waals surface area contributed by atoms with Gasteiger partial charge in [-0.2, -0.15) is 0 Å². The molecule has 27 heavy (non-hydrogen) atoms. The molecule has 0 spiro atoms. The normalized spacial score (nSPS) is 32.4. The highest BCUT2D eigenvalue weighted by Gasteiger charge is 2.51. The van der Waals surface area contributed by atoms with Crippen LogP contribution in [0.5, 0.6) is 0 Å². The number of hydrogen-bond donors (Lipinski definition) is 2. The van der Waals surface area contributed by atoms with Crippen molar-refractivity contribution in [1.82, 2.24) is 0 Å². The van der Waals surface area contributed by atoms with E-state index in [0.717, 1.165) is 22.0 Å². The first-order valence-corrected chi connectivity index (χ1v) is 11.0. The molecule has 5 aliphatic rings. The number of nitrogens with two attached hydrogens (primary N) is 1. The Morgan fingerprint density at radius 2 is 1.67 bits per heavy atom. The predicted molar refractivity (Wildman–Crippen MR) is 116 cm³/mol. The van der Waals surface area contributed by atoms with E-state index in [4.69, 9.17) is 11.1 Å². The van der Waals surface area contributed by atoms with Crippen LogP contribution in [0, 0.1) is 29.1 Å². The molecular formula is C23H24BrN3. The molecule has 3 nitrogen and oxygen atoms in total. The largest absolute Gasteiger partial charge is 0.370 e. The Morgan fingerprint density at radius 3 is 2.33 bits per heavy atom. The number of guanidine groups is 1. The Labute approximate surface area is 168 Å². The molecule has 2 aromatic rings. The molecule has 0 atom stereocenters. The van der Waals surface area contributed by atoms with Crippen molar-refractivity contribution in [3.05, 3.63) is 39.9 Å². The summed E-state index contributed by atoms with van der Waals surface area (Å²) in [4.78, 5) is 2.19. The summed E-state index contributed by atoms with van der Waals surface area (Å²) in [6.45, 7) is 0. The molecule has 4 heteroatoms. The summed E-state index contributed by atoms with van der Waals surface area (Å²) in [7, 11) is 0. The van der Waals surface area contributed by atoms with Gasteiger partial charge in [0.25, 0.3) is 0 Å². The van der Waals surface area contributed by atoms with E-state index >= 15 is 0 Å². The average molecular weight is 422 g/mol. The fourth-order valence-corrected chi connectivity index (χ4v) is 7.59. The van der Waals surface area contributed by atoms with Crippen molar-refractivity contribution >= 4 is 50.5 Å². The molecule has 0 heterocycles. The van der Waals surface area contributed by atoms with Crippen LogP contribution in [0.2, 0.25) is 0 Å². The number of nitrogens with zero attached hydrogens (tertiary/aromatic N) is 1. The van der Waals surface area contributed by atoms with Crippen molar-refractivity contribution in [1.29, 1.82) is 5.41 Å². The summed E-state index contributed by atoms with van der Waals surface area (Å²) < 4.78 is 1.05. The van der Waals surface area contributed by atoms with E-state index in [1.54, 1.807) is 0 Å². The maximum absolute atomic E-state index is 8.53. The summed E-state index contributed by atoms with van der Waals surface area (Å²) in [6.07, 6.45) is 11.1. The van der Waals surface area contributed by atoms with Gasteiger partial charge in [-0.3, -0.25) is 5.41 Å². The van der Waals surface area contributed by atoms with E-state index in [1.165, 1.54) is 54.0 Å². The van der Waals surface area contributed by atoms with E-state index in [2.05, 4.69) is 57.2 Å². The minimum absolute atomic E-state index is 0.194. The third-order valence-electron chi connectivity index (χ3n) is 7.57. The van der Waals surface area contributed by atoms with Gasteiger partial charge in [-0.1, -0.05) is 30.4 Å². The van der Waals surface area contributed by atoms with Crippen LogP contribution in [0.15, 0.2) is 28.7 Å². The number of anilines is 1. The van der Waals surface area contributed by atoms with Crippen LogP contribution in [0.4, 0.5) is 5.69 Å². The van der Waals surface area contributed by atoms with Crippen molar-refractivity contribution in [2.24, 2.45) is 29.4 Å². The summed E-state index contributed by atoms with van der Waals surface area (Å²) in [5, 5.41) is 11.0. The van der Waals surface area contributed by atoms with Gasteiger partial charge in [0.05, 0.1) is 5.69 Å². The molecule has 3 N–H and O–H groups in total. The van der Waals surface area contributed by atoms with E-state index in [9.17, 15) is 0 Å². The minimum atomic E-state index is 0.194. The molecule has 138 valence electrons. The molecule has 0 aromatic heterocycles. The molecule has 0 radical (unpaired) electrons. The highest BCUT2D eigenvalue weighted by Crippen LogP contribution is 2.56. The van der Waals surface area contributed by atoms with Crippen molar-refractivity contribution in [2.75, 3.05) is 4.90 Å². The van der Waals surface area contributed by atoms with Crippen LogP contribution in [0.3, 0.4) is 0 Å². The zero-order valence-corrected chi connectivity index (χ0v) is 16.9. The Bertz CT molecular complexity index is 980. The van der Waals surface area contributed by atoms with Gasteiger partial charge < -0.3 is 10.6 Å². The van der Waals surface area contributed by atoms with Gasteiger partial charge in [-0.05, 0) is 94.3 Å². The number of hydrogen-bond acceptors (Lipinski definition) is 1. The van der Waals surface area contributed by atoms with Crippen LogP contribution in [0.1, 0.15) is 43.2 Å². The standard InChI is InChI=1S/C23H24BrN3/c24-19-11-15-5-4-14-2-1-3-18(20(14)15)22(19)27(23(25)26)21-16-7-12-6-13(9-16)10-17(21)8-12/h1-5,11-13,16-17,21H,6-10H2,(H3,25,26). The molecule has 4 bridgehead atoms. The monoisotopic (exact) mass is 421 g/mol. The Balaban J connectivity index is 1.55. The topological polar surface area (TPSA) is 53.1 Å². The maximum Gasteiger partial charge on any atom is 0.193 e. The van der Waals surface area contributed by atoms with E-state index < -0.39 is 0 Å². The smallest absolute Gasteiger partial charge is 0.193 e. The van der Waals surface area contributed by atoms with Crippen LogP contribution in [0.25, 0.3) is 22.9 Å². The summed E-state index contributed by atoms with van der Waals surface area (Å²) in [5.74, 6) is 3.38. The third kappa shape index (κ3) is 2.22. The lowest BCUT2D eigenvalue weighted by atomic mass is 9.54.